The molecule has 1 aromatic heterocycles. The molecule has 0 aliphatic rings. The molecule has 5 nitrogen and oxygen atoms in total. The summed E-state index contributed by atoms with van der Waals surface area (Å²) in [7, 11) is 1.69. The molecule has 0 radical (unpaired) electrons. The molecule has 0 amide bonds. The Hall–Kier alpha value is -1.27. The van der Waals surface area contributed by atoms with Gasteiger partial charge < -0.3 is 15.4 Å². The highest BCUT2D eigenvalue weighted by Crippen LogP contribution is 2.24. The smallest absolute Gasteiger partial charge is 0.162 e. The van der Waals surface area contributed by atoms with Gasteiger partial charge in [-0.15, -0.1) is 5.10 Å². The maximum atomic E-state index is 5.90. The van der Waals surface area contributed by atoms with Crippen molar-refractivity contribution in [2.24, 2.45) is 5.73 Å². The molecule has 0 aliphatic heterocycles. The molecule has 0 aromatic carbocycles. The zero-order valence-corrected chi connectivity index (χ0v) is 13.8. The Kier molecular flexibility index (Phi) is 6.29. The Morgan fingerprint density at radius 1 is 1.40 bits per heavy atom. The zero-order valence-electron chi connectivity index (χ0n) is 12.9. The fourth-order valence-corrected chi connectivity index (χ4v) is 2.28. The fourth-order valence-electron chi connectivity index (χ4n) is 2.04. The molecule has 1 aromatic rings. The van der Waals surface area contributed by atoms with Crippen molar-refractivity contribution in [3.63, 3.8) is 0 Å². The number of aromatic nitrogens is 2. The summed E-state index contributed by atoms with van der Waals surface area (Å²) in [5.74, 6) is 0.756. The second-order valence-corrected chi connectivity index (χ2v) is 5.36. The lowest BCUT2D eigenvalue weighted by Crippen LogP contribution is -2.38. The Morgan fingerprint density at radius 3 is 2.55 bits per heavy atom. The van der Waals surface area contributed by atoms with E-state index < -0.39 is 0 Å². The summed E-state index contributed by atoms with van der Waals surface area (Å²) in [6.45, 7) is 9.53. The van der Waals surface area contributed by atoms with Crippen LogP contribution in [0.5, 0.6) is 0 Å². The van der Waals surface area contributed by atoms with Crippen LogP contribution in [0.1, 0.15) is 37.1 Å². The molecular formula is C14H24N4OS. The molecule has 0 bridgehead atoms. The van der Waals surface area contributed by atoms with Crippen LogP contribution in [-0.4, -0.2) is 41.5 Å². The van der Waals surface area contributed by atoms with E-state index in [-0.39, 0.29) is 0 Å². The van der Waals surface area contributed by atoms with Gasteiger partial charge in [0.1, 0.15) is 4.99 Å². The van der Waals surface area contributed by atoms with Crippen LogP contribution in [0.2, 0.25) is 0 Å². The van der Waals surface area contributed by atoms with Crippen LogP contribution < -0.4 is 10.6 Å². The van der Waals surface area contributed by atoms with Gasteiger partial charge in [0.25, 0.3) is 0 Å². The first-order valence-corrected chi connectivity index (χ1v) is 7.24. The Bertz CT molecular complexity index is 478. The number of ether oxygens (including phenoxy) is 1. The van der Waals surface area contributed by atoms with E-state index in [1.54, 1.807) is 7.11 Å². The van der Waals surface area contributed by atoms with Crippen LogP contribution in [0.3, 0.4) is 0 Å². The topological polar surface area (TPSA) is 64.3 Å². The normalized spacial score (nSPS) is 12.2. The van der Waals surface area contributed by atoms with E-state index in [2.05, 4.69) is 28.9 Å². The summed E-state index contributed by atoms with van der Waals surface area (Å²) in [6.07, 6.45) is 0.995. The number of methoxy groups -OCH3 is 1. The molecule has 6 heteroatoms. The van der Waals surface area contributed by atoms with Crippen LogP contribution >= 0.6 is 12.2 Å². The molecule has 0 aliphatic carbocycles. The first-order chi connectivity index (χ1) is 9.43. The minimum absolute atomic E-state index is 0.314. The maximum Gasteiger partial charge on any atom is 0.162 e. The SMILES string of the molecule is CCC(C)N(CCOC)c1nnc(C)c(C)c1C(N)=S. The monoisotopic (exact) mass is 296 g/mol. The maximum absolute atomic E-state index is 5.90. The highest BCUT2D eigenvalue weighted by Gasteiger charge is 2.22. The number of thiocarbonyl (C=S) groups is 1. The highest BCUT2D eigenvalue weighted by atomic mass is 32.1. The van der Waals surface area contributed by atoms with Gasteiger partial charge in [0, 0.05) is 19.7 Å². The summed E-state index contributed by atoms with van der Waals surface area (Å²) < 4.78 is 5.19. The van der Waals surface area contributed by atoms with E-state index >= 15 is 0 Å². The summed E-state index contributed by atoms with van der Waals surface area (Å²) >= 11 is 5.20. The number of anilines is 1. The van der Waals surface area contributed by atoms with Crippen molar-refractivity contribution in [2.75, 3.05) is 25.2 Å². The van der Waals surface area contributed by atoms with Crippen molar-refractivity contribution >= 4 is 23.0 Å². The fraction of sp³-hybridized carbons (Fsp3) is 0.643. The molecule has 0 saturated carbocycles. The second-order valence-electron chi connectivity index (χ2n) is 4.92. The van der Waals surface area contributed by atoms with Crippen LogP contribution in [0.4, 0.5) is 5.82 Å². The molecule has 0 fully saturated rings. The average molecular weight is 296 g/mol. The molecule has 2 N–H and O–H groups in total. The first kappa shape index (κ1) is 16.8. The minimum Gasteiger partial charge on any atom is -0.389 e. The average Bonchev–Trinajstić information content (AvgIpc) is 2.42. The Morgan fingerprint density at radius 2 is 2.05 bits per heavy atom. The number of nitrogens with two attached hydrogens (primary N) is 1. The van der Waals surface area contributed by atoms with Crippen molar-refractivity contribution in [1.82, 2.24) is 10.2 Å². The van der Waals surface area contributed by atoms with Crippen LogP contribution in [0, 0.1) is 13.8 Å². The molecule has 1 rings (SSSR count). The molecule has 0 spiro atoms. The van der Waals surface area contributed by atoms with Crippen LogP contribution in [-0.2, 0) is 4.74 Å². The van der Waals surface area contributed by atoms with Gasteiger partial charge in [-0.2, -0.15) is 5.10 Å². The van der Waals surface area contributed by atoms with Crippen molar-refractivity contribution in [1.29, 1.82) is 0 Å². The Balaban J connectivity index is 3.31. The van der Waals surface area contributed by atoms with Gasteiger partial charge in [0.15, 0.2) is 5.82 Å². The van der Waals surface area contributed by atoms with E-state index in [0.717, 1.165) is 35.6 Å². The third kappa shape index (κ3) is 3.64. The van der Waals surface area contributed by atoms with Gasteiger partial charge in [0.2, 0.25) is 0 Å². The number of hydrogen-bond acceptors (Lipinski definition) is 5. The van der Waals surface area contributed by atoms with Gasteiger partial charge in [-0.3, -0.25) is 0 Å². The van der Waals surface area contributed by atoms with E-state index in [9.17, 15) is 0 Å². The van der Waals surface area contributed by atoms with Crippen LogP contribution in [0.25, 0.3) is 0 Å². The van der Waals surface area contributed by atoms with E-state index in [1.807, 2.05) is 13.8 Å². The third-order valence-corrected chi connectivity index (χ3v) is 3.82. The van der Waals surface area contributed by atoms with Crippen molar-refractivity contribution in [3.05, 3.63) is 16.8 Å². The Labute approximate surface area is 126 Å². The number of rotatable bonds is 7. The molecule has 20 heavy (non-hydrogen) atoms. The summed E-state index contributed by atoms with van der Waals surface area (Å²) in [5, 5.41) is 8.56. The predicted octanol–water partition coefficient (Wildman–Crippen LogP) is 1.98. The van der Waals surface area contributed by atoms with E-state index in [0.29, 0.717) is 17.6 Å². The summed E-state index contributed by atoms with van der Waals surface area (Å²) in [5.41, 5.74) is 8.57. The largest absolute Gasteiger partial charge is 0.389 e. The van der Waals surface area contributed by atoms with Gasteiger partial charge >= 0.3 is 0 Å². The predicted molar refractivity (Wildman–Crippen MR) is 86.4 cm³/mol. The molecule has 112 valence electrons. The highest BCUT2D eigenvalue weighted by molar-refractivity contribution is 7.80. The number of nitrogens with zero attached hydrogens (tertiary/aromatic N) is 3. The molecule has 1 unspecified atom stereocenters. The summed E-state index contributed by atoms with van der Waals surface area (Å²) in [6, 6.07) is 0.314. The lowest BCUT2D eigenvalue weighted by molar-refractivity contribution is 0.203. The minimum atomic E-state index is 0.314. The van der Waals surface area contributed by atoms with Gasteiger partial charge in [-0.05, 0) is 32.8 Å². The van der Waals surface area contributed by atoms with Crippen molar-refractivity contribution < 1.29 is 4.74 Å². The first-order valence-electron chi connectivity index (χ1n) is 6.83. The lowest BCUT2D eigenvalue weighted by Gasteiger charge is -2.31. The lowest BCUT2D eigenvalue weighted by atomic mass is 10.1. The molecule has 1 heterocycles. The molecular weight excluding hydrogens is 272 g/mol. The molecule has 0 saturated heterocycles. The number of hydrogen-bond donors (Lipinski definition) is 1. The van der Waals surface area contributed by atoms with E-state index in [4.69, 9.17) is 22.7 Å². The third-order valence-electron chi connectivity index (χ3n) is 3.61. The van der Waals surface area contributed by atoms with Crippen molar-refractivity contribution in [3.8, 4) is 0 Å². The zero-order chi connectivity index (χ0) is 15.3. The quantitative estimate of drug-likeness (QED) is 0.776. The van der Waals surface area contributed by atoms with Gasteiger partial charge in [0.05, 0.1) is 17.9 Å². The standard InChI is InChI=1S/C14H24N4OS/c1-6-9(2)18(7-8-19-5)14-12(13(15)20)10(3)11(4)16-17-14/h9H,6-8H2,1-5H3,(H2,15,20). The van der Waals surface area contributed by atoms with Crippen LogP contribution in [0.15, 0.2) is 0 Å². The van der Waals surface area contributed by atoms with Gasteiger partial charge in [-0.1, -0.05) is 19.1 Å². The number of aryl methyl sites for hydroxylation is 1. The van der Waals surface area contributed by atoms with Crippen molar-refractivity contribution in [2.45, 2.75) is 40.2 Å². The summed E-state index contributed by atoms with van der Waals surface area (Å²) in [4.78, 5) is 2.53. The van der Waals surface area contributed by atoms with Gasteiger partial charge in [-0.25, -0.2) is 0 Å². The van der Waals surface area contributed by atoms with E-state index in [1.165, 1.54) is 0 Å². The second kappa shape index (κ2) is 7.50. The molecule has 1 atom stereocenters.